The zero-order chi connectivity index (χ0) is 18.4. The molecule has 7 heteroatoms. The van der Waals surface area contributed by atoms with Crippen molar-refractivity contribution in [3.05, 3.63) is 57.6 Å². The number of carbonyl (C=O) groups is 1. The largest absolute Gasteiger partial charge is 0.506 e. The molecule has 5 nitrogen and oxygen atoms in total. The zero-order valence-corrected chi connectivity index (χ0v) is 15.1. The first-order valence-electron chi connectivity index (χ1n) is 7.17. The van der Waals surface area contributed by atoms with Crippen LogP contribution in [0.4, 0.5) is 0 Å². The molecule has 0 aliphatic rings. The average Bonchev–Trinajstić information content (AvgIpc) is 2.61. The number of hydrogen-bond donors (Lipinski definition) is 1. The summed E-state index contributed by atoms with van der Waals surface area (Å²) in [5, 5.41) is 10.3. The minimum atomic E-state index is -0.406. The first-order chi connectivity index (χ1) is 12.0. The molecule has 0 aliphatic carbocycles. The Morgan fingerprint density at radius 1 is 1.16 bits per heavy atom. The van der Waals surface area contributed by atoms with Gasteiger partial charge < -0.3 is 19.3 Å². The average molecular weight is 383 g/mol. The summed E-state index contributed by atoms with van der Waals surface area (Å²) in [7, 11) is 2.98. The van der Waals surface area contributed by atoms with E-state index in [2.05, 4.69) is 0 Å². The molecule has 2 rings (SSSR count). The van der Waals surface area contributed by atoms with Crippen LogP contribution in [0.2, 0.25) is 10.0 Å². The molecule has 0 atom stereocenters. The van der Waals surface area contributed by atoms with Crippen molar-refractivity contribution in [3.63, 3.8) is 0 Å². The van der Waals surface area contributed by atoms with Crippen LogP contribution in [0.25, 0.3) is 6.08 Å². The number of phenolic OH excluding ortho intramolecular Hbond substituents is 1. The molecular formula is C18H16Cl2O5. The number of halogens is 2. The van der Waals surface area contributed by atoms with Gasteiger partial charge in [0.1, 0.15) is 17.2 Å². The number of methoxy groups -OCH3 is 2. The van der Waals surface area contributed by atoms with Crippen LogP contribution in [-0.2, 0) is 4.74 Å². The minimum absolute atomic E-state index is 0.0323. The van der Waals surface area contributed by atoms with Crippen molar-refractivity contribution in [1.29, 1.82) is 0 Å². The predicted octanol–water partition coefficient (Wildman–Crippen LogP) is 4.59. The highest BCUT2D eigenvalue weighted by Gasteiger charge is 2.12. The van der Waals surface area contributed by atoms with E-state index in [9.17, 15) is 9.90 Å². The van der Waals surface area contributed by atoms with Crippen molar-refractivity contribution in [3.8, 4) is 17.2 Å². The summed E-state index contributed by atoms with van der Waals surface area (Å²) >= 11 is 11.9. The van der Waals surface area contributed by atoms with Crippen LogP contribution >= 0.6 is 23.2 Å². The molecule has 132 valence electrons. The van der Waals surface area contributed by atoms with Gasteiger partial charge in [-0.05, 0) is 30.4 Å². The van der Waals surface area contributed by atoms with E-state index in [1.165, 1.54) is 38.5 Å². The predicted molar refractivity (Wildman–Crippen MR) is 97.0 cm³/mol. The second-order valence-electron chi connectivity index (χ2n) is 4.91. The molecule has 25 heavy (non-hydrogen) atoms. The molecule has 0 saturated carbocycles. The minimum Gasteiger partial charge on any atom is -0.506 e. The van der Waals surface area contributed by atoms with Gasteiger partial charge in [-0.3, -0.25) is 4.79 Å². The summed E-state index contributed by atoms with van der Waals surface area (Å²) in [6, 6.07) is 7.77. The van der Waals surface area contributed by atoms with Gasteiger partial charge in [0.15, 0.2) is 12.6 Å². The van der Waals surface area contributed by atoms with Crippen LogP contribution in [0.3, 0.4) is 0 Å². The molecule has 0 amide bonds. The smallest absolute Gasteiger partial charge is 0.189 e. The molecule has 0 aromatic heterocycles. The highest BCUT2D eigenvalue weighted by atomic mass is 35.5. The molecule has 0 spiro atoms. The maximum absolute atomic E-state index is 12.3. The van der Waals surface area contributed by atoms with Gasteiger partial charge in [-0.15, -0.1) is 0 Å². The Kier molecular flexibility index (Phi) is 6.70. The van der Waals surface area contributed by atoms with Gasteiger partial charge in [-0.2, -0.15) is 0 Å². The lowest BCUT2D eigenvalue weighted by molar-refractivity contribution is 0.0511. The summed E-state index contributed by atoms with van der Waals surface area (Å²) in [4.78, 5) is 12.3. The second kappa shape index (κ2) is 8.76. The summed E-state index contributed by atoms with van der Waals surface area (Å²) in [5.74, 6) is 0.193. The van der Waals surface area contributed by atoms with Crippen LogP contribution in [0, 0.1) is 0 Å². The third-order valence-corrected chi connectivity index (χ3v) is 3.88. The Morgan fingerprint density at radius 3 is 2.60 bits per heavy atom. The van der Waals surface area contributed by atoms with Crippen molar-refractivity contribution in [2.24, 2.45) is 0 Å². The topological polar surface area (TPSA) is 65.0 Å². The fourth-order valence-corrected chi connectivity index (χ4v) is 2.44. The van der Waals surface area contributed by atoms with Gasteiger partial charge in [0, 0.05) is 18.7 Å². The van der Waals surface area contributed by atoms with Crippen molar-refractivity contribution in [2.45, 2.75) is 0 Å². The van der Waals surface area contributed by atoms with Crippen LogP contribution in [0.15, 0.2) is 36.4 Å². The van der Waals surface area contributed by atoms with Gasteiger partial charge in [0.25, 0.3) is 0 Å². The van der Waals surface area contributed by atoms with E-state index in [4.69, 9.17) is 37.4 Å². The molecule has 0 saturated heterocycles. The van der Waals surface area contributed by atoms with Crippen LogP contribution in [0.1, 0.15) is 15.9 Å². The van der Waals surface area contributed by atoms with E-state index in [0.717, 1.165) is 0 Å². The normalized spacial score (nSPS) is 10.9. The summed E-state index contributed by atoms with van der Waals surface area (Å²) in [6.45, 7) is 0.0323. The SMILES string of the molecule is COCOc1cc(/C=C/C(=O)c2cccc(Cl)c2O)c(OC)cc1Cl. The Bertz CT molecular complexity index is 802. The number of aromatic hydroxyl groups is 1. The molecule has 0 fully saturated rings. The van der Waals surface area contributed by atoms with E-state index in [0.29, 0.717) is 22.1 Å². The summed E-state index contributed by atoms with van der Waals surface area (Å²) in [6.07, 6.45) is 2.84. The lowest BCUT2D eigenvalue weighted by Crippen LogP contribution is -2.00. The van der Waals surface area contributed by atoms with Gasteiger partial charge in [-0.25, -0.2) is 0 Å². The Labute approximate surface area is 155 Å². The number of allylic oxidation sites excluding steroid dienone is 1. The Hall–Kier alpha value is -2.21. The quantitative estimate of drug-likeness (QED) is 0.431. The first kappa shape index (κ1) is 19.1. The number of hydrogen-bond acceptors (Lipinski definition) is 5. The van der Waals surface area contributed by atoms with Crippen molar-refractivity contribution in [2.75, 3.05) is 21.0 Å². The van der Waals surface area contributed by atoms with Crippen LogP contribution in [-0.4, -0.2) is 31.9 Å². The standard InChI is InChI=1S/C18H16Cl2O5/c1-23-10-25-17-8-11(16(24-2)9-14(17)20)6-7-15(21)12-4-3-5-13(19)18(12)22/h3-9,22H,10H2,1-2H3/b7-6+. The number of ketones is 1. The molecule has 0 heterocycles. The number of carbonyl (C=O) groups excluding carboxylic acids is 1. The maximum atomic E-state index is 12.3. The Balaban J connectivity index is 2.32. The monoisotopic (exact) mass is 382 g/mol. The molecule has 0 radical (unpaired) electrons. The molecule has 0 bridgehead atoms. The summed E-state index contributed by atoms with van der Waals surface area (Å²) in [5.41, 5.74) is 0.681. The fourth-order valence-electron chi connectivity index (χ4n) is 2.06. The van der Waals surface area contributed by atoms with Crippen LogP contribution < -0.4 is 9.47 Å². The molecule has 2 aromatic carbocycles. The molecule has 0 unspecified atom stereocenters. The third-order valence-electron chi connectivity index (χ3n) is 3.28. The highest BCUT2D eigenvalue weighted by molar-refractivity contribution is 6.33. The summed E-state index contributed by atoms with van der Waals surface area (Å²) < 4.78 is 15.5. The second-order valence-corrected chi connectivity index (χ2v) is 5.72. The zero-order valence-electron chi connectivity index (χ0n) is 13.6. The van der Waals surface area contributed by atoms with Crippen LogP contribution in [0.5, 0.6) is 17.2 Å². The van der Waals surface area contributed by atoms with E-state index in [1.807, 2.05) is 0 Å². The number of rotatable bonds is 7. The fraction of sp³-hybridized carbons (Fsp3) is 0.167. The van der Waals surface area contributed by atoms with Crippen molar-refractivity contribution >= 4 is 35.1 Å². The van der Waals surface area contributed by atoms with E-state index in [1.54, 1.807) is 18.2 Å². The molecule has 2 aromatic rings. The number of benzene rings is 2. The van der Waals surface area contributed by atoms with E-state index in [-0.39, 0.29) is 23.1 Å². The molecular weight excluding hydrogens is 367 g/mol. The van der Waals surface area contributed by atoms with E-state index < -0.39 is 5.78 Å². The van der Waals surface area contributed by atoms with Gasteiger partial charge >= 0.3 is 0 Å². The van der Waals surface area contributed by atoms with Crippen molar-refractivity contribution in [1.82, 2.24) is 0 Å². The molecule has 0 aliphatic heterocycles. The Morgan fingerprint density at radius 2 is 1.92 bits per heavy atom. The number of para-hydroxylation sites is 1. The third kappa shape index (κ3) is 4.66. The molecule has 1 N–H and O–H groups in total. The van der Waals surface area contributed by atoms with Gasteiger partial charge in [0.2, 0.25) is 0 Å². The first-order valence-corrected chi connectivity index (χ1v) is 7.92. The van der Waals surface area contributed by atoms with Gasteiger partial charge in [0.05, 0.1) is 22.7 Å². The van der Waals surface area contributed by atoms with Gasteiger partial charge in [-0.1, -0.05) is 29.3 Å². The number of phenols is 1. The lowest BCUT2D eigenvalue weighted by atomic mass is 10.1. The lowest BCUT2D eigenvalue weighted by Gasteiger charge is -2.11. The van der Waals surface area contributed by atoms with Crippen molar-refractivity contribution < 1.29 is 24.1 Å². The number of ether oxygens (including phenoxy) is 3. The maximum Gasteiger partial charge on any atom is 0.189 e. The highest BCUT2D eigenvalue weighted by Crippen LogP contribution is 2.34. The van der Waals surface area contributed by atoms with E-state index >= 15 is 0 Å².